The summed E-state index contributed by atoms with van der Waals surface area (Å²) in [6.45, 7) is 0. The van der Waals surface area contributed by atoms with Crippen LogP contribution in [0.5, 0.6) is 17.2 Å². The first-order valence-corrected chi connectivity index (χ1v) is 9.43. The number of sulfonamides is 1. The van der Waals surface area contributed by atoms with Crippen LogP contribution in [0.25, 0.3) is 6.08 Å². The summed E-state index contributed by atoms with van der Waals surface area (Å²) in [6, 6.07) is 9.44. The van der Waals surface area contributed by atoms with E-state index in [0.717, 1.165) is 4.31 Å². The van der Waals surface area contributed by atoms with Crippen LogP contribution in [0.3, 0.4) is 0 Å². The van der Waals surface area contributed by atoms with E-state index in [2.05, 4.69) is 0 Å². The molecule has 1 aliphatic rings. The van der Waals surface area contributed by atoms with Gasteiger partial charge in [-0.25, -0.2) is 8.42 Å². The van der Waals surface area contributed by atoms with Crippen molar-refractivity contribution in [2.24, 2.45) is 0 Å². The van der Waals surface area contributed by atoms with Crippen LogP contribution < -0.4 is 14.2 Å². The average molecular weight is 389 g/mol. The van der Waals surface area contributed by atoms with Gasteiger partial charge in [0, 0.05) is 12.6 Å². The first kappa shape index (κ1) is 18.8. The van der Waals surface area contributed by atoms with Gasteiger partial charge in [-0.1, -0.05) is 12.1 Å². The molecule has 8 heteroatoms. The van der Waals surface area contributed by atoms with Crippen LogP contribution in [0.1, 0.15) is 15.9 Å². The van der Waals surface area contributed by atoms with Crippen molar-refractivity contribution < 1.29 is 27.4 Å². The molecule has 0 bridgehead atoms. The molecule has 7 nitrogen and oxygen atoms in total. The lowest BCUT2D eigenvalue weighted by atomic mass is 10.0. The van der Waals surface area contributed by atoms with Crippen LogP contribution in [-0.4, -0.2) is 46.9 Å². The van der Waals surface area contributed by atoms with Gasteiger partial charge in [0.2, 0.25) is 11.5 Å². The summed E-state index contributed by atoms with van der Waals surface area (Å²) in [5.41, 5.74) is 0.714. The number of nitrogens with zero attached hydrogens (tertiary/aromatic N) is 1. The highest BCUT2D eigenvalue weighted by Gasteiger charge is 2.36. The van der Waals surface area contributed by atoms with Crippen LogP contribution in [0.2, 0.25) is 0 Å². The molecule has 0 radical (unpaired) electrons. The number of rotatable bonds is 4. The molecule has 0 saturated heterocycles. The highest BCUT2D eigenvalue weighted by molar-refractivity contribution is 7.89. The predicted octanol–water partition coefficient (Wildman–Crippen LogP) is 2.57. The average Bonchev–Trinajstić information content (AvgIpc) is 2.69. The summed E-state index contributed by atoms with van der Waals surface area (Å²) in [5, 5.41) is 0. The molecular weight excluding hydrogens is 370 g/mol. The number of allylic oxidation sites excluding steroid dienone is 1. The fourth-order valence-electron chi connectivity index (χ4n) is 2.94. The normalized spacial score (nSPS) is 16.8. The summed E-state index contributed by atoms with van der Waals surface area (Å²) in [5.74, 6) is 0.829. The third-order valence-electron chi connectivity index (χ3n) is 4.33. The van der Waals surface area contributed by atoms with Crippen molar-refractivity contribution in [2.75, 3.05) is 28.4 Å². The van der Waals surface area contributed by atoms with Crippen molar-refractivity contribution in [2.45, 2.75) is 4.90 Å². The molecule has 0 aromatic heterocycles. The molecule has 0 spiro atoms. The van der Waals surface area contributed by atoms with Crippen molar-refractivity contribution in [1.82, 2.24) is 4.31 Å². The molecule has 27 heavy (non-hydrogen) atoms. The Bertz CT molecular complexity index is 1020. The monoisotopic (exact) mass is 389 g/mol. The zero-order chi connectivity index (χ0) is 19.8. The minimum absolute atomic E-state index is 0.000424. The molecule has 0 unspecified atom stereocenters. The van der Waals surface area contributed by atoms with Gasteiger partial charge >= 0.3 is 0 Å². The maximum Gasteiger partial charge on any atom is 0.264 e. The van der Waals surface area contributed by atoms with E-state index in [0.29, 0.717) is 22.8 Å². The van der Waals surface area contributed by atoms with Crippen molar-refractivity contribution in [3.8, 4) is 17.2 Å². The molecule has 0 fully saturated rings. The van der Waals surface area contributed by atoms with E-state index in [1.54, 1.807) is 24.3 Å². The van der Waals surface area contributed by atoms with Gasteiger partial charge in [-0.2, -0.15) is 0 Å². The smallest absolute Gasteiger partial charge is 0.264 e. The van der Waals surface area contributed by atoms with Crippen molar-refractivity contribution >= 4 is 21.9 Å². The Hall–Kier alpha value is -3.00. The largest absolute Gasteiger partial charge is 0.493 e. The van der Waals surface area contributed by atoms with Crippen LogP contribution in [0, 0.1) is 0 Å². The Kier molecular flexibility index (Phi) is 4.84. The summed E-state index contributed by atoms with van der Waals surface area (Å²) in [6.07, 6.45) is 1.49. The lowest BCUT2D eigenvalue weighted by molar-refractivity contribution is 0.101. The topological polar surface area (TPSA) is 82.1 Å². The van der Waals surface area contributed by atoms with E-state index in [9.17, 15) is 13.2 Å². The number of methoxy groups -OCH3 is 3. The second kappa shape index (κ2) is 6.96. The number of fused-ring (bicyclic) bond motifs is 1. The van der Waals surface area contributed by atoms with E-state index < -0.39 is 10.0 Å². The second-order valence-electron chi connectivity index (χ2n) is 5.79. The summed E-state index contributed by atoms with van der Waals surface area (Å²) < 4.78 is 42.4. The van der Waals surface area contributed by atoms with Gasteiger partial charge in [0.05, 0.1) is 26.2 Å². The number of carbonyl (C=O) groups excluding carboxylic acids is 1. The Morgan fingerprint density at radius 2 is 1.56 bits per heavy atom. The summed E-state index contributed by atoms with van der Waals surface area (Å²) in [7, 11) is 1.99. The van der Waals surface area contributed by atoms with Gasteiger partial charge in [-0.05, 0) is 35.9 Å². The van der Waals surface area contributed by atoms with E-state index in [-0.39, 0.29) is 21.9 Å². The number of benzene rings is 2. The molecule has 1 aliphatic heterocycles. The molecule has 0 atom stereocenters. The third kappa shape index (κ3) is 3.02. The fraction of sp³-hybridized carbons (Fsp3) is 0.211. The number of ether oxygens (including phenoxy) is 3. The van der Waals surface area contributed by atoms with Gasteiger partial charge < -0.3 is 14.2 Å². The van der Waals surface area contributed by atoms with Crippen LogP contribution in [-0.2, 0) is 10.0 Å². The summed E-state index contributed by atoms with van der Waals surface area (Å²) in [4.78, 5) is 12.9. The van der Waals surface area contributed by atoms with Crippen LogP contribution >= 0.6 is 0 Å². The van der Waals surface area contributed by atoms with E-state index in [1.165, 1.54) is 46.6 Å². The molecule has 0 saturated carbocycles. The number of likely N-dealkylation sites (N-methyl/N-ethyl adjacent to an activating group) is 1. The number of ketones is 1. The van der Waals surface area contributed by atoms with Gasteiger partial charge in [0.15, 0.2) is 11.5 Å². The standard InChI is InChI=1S/C19H19NO6S/c1-20-14(18(21)13-7-5-6-8-17(13)27(20,22)23)9-12-10-15(24-2)19(26-4)16(11-12)25-3/h5-11H,1-4H3/b14-9+. The van der Waals surface area contributed by atoms with Crippen LogP contribution in [0.15, 0.2) is 47.0 Å². The predicted molar refractivity (Wildman–Crippen MR) is 99.8 cm³/mol. The van der Waals surface area contributed by atoms with Crippen molar-refractivity contribution in [3.05, 3.63) is 53.2 Å². The van der Waals surface area contributed by atoms with Crippen molar-refractivity contribution in [3.63, 3.8) is 0 Å². The Labute approximate surface area is 157 Å². The molecule has 0 amide bonds. The van der Waals surface area contributed by atoms with E-state index in [4.69, 9.17) is 14.2 Å². The lowest BCUT2D eigenvalue weighted by Gasteiger charge is -2.28. The van der Waals surface area contributed by atoms with Gasteiger partial charge in [0.25, 0.3) is 10.0 Å². The molecule has 2 aromatic carbocycles. The Morgan fingerprint density at radius 1 is 0.963 bits per heavy atom. The fourth-order valence-corrected chi connectivity index (χ4v) is 4.31. The molecule has 3 rings (SSSR count). The zero-order valence-electron chi connectivity index (χ0n) is 15.3. The van der Waals surface area contributed by atoms with Crippen LogP contribution in [0.4, 0.5) is 0 Å². The molecule has 0 aliphatic carbocycles. The first-order chi connectivity index (χ1) is 12.8. The maximum absolute atomic E-state index is 12.9. The number of carbonyl (C=O) groups is 1. The van der Waals surface area contributed by atoms with Gasteiger partial charge in [-0.15, -0.1) is 0 Å². The quantitative estimate of drug-likeness (QED) is 0.748. The van der Waals surface area contributed by atoms with E-state index >= 15 is 0 Å². The minimum Gasteiger partial charge on any atom is -0.493 e. The molecular formula is C19H19NO6S. The number of hydrogen-bond acceptors (Lipinski definition) is 6. The first-order valence-electron chi connectivity index (χ1n) is 7.99. The van der Waals surface area contributed by atoms with Gasteiger partial charge in [0.1, 0.15) is 5.70 Å². The number of hydrogen-bond donors (Lipinski definition) is 0. The van der Waals surface area contributed by atoms with E-state index in [1.807, 2.05) is 0 Å². The molecule has 0 N–H and O–H groups in total. The molecule has 142 valence electrons. The Balaban J connectivity index is 2.20. The minimum atomic E-state index is -3.81. The molecule has 2 aromatic rings. The zero-order valence-corrected chi connectivity index (χ0v) is 16.2. The van der Waals surface area contributed by atoms with Crippen molar-refractivity contribution in [1.29, 1.82) is 0 Å². The Morgan fingerprint density at radius 3 is 2.11 bits per heavy atom. The second-order valence-corrected chi connectivity index (χ2v) is 7.72. The molecule has 1 heterocycles. The number of Topliss-reactive ketones (excluding diaryl/α,β-unsaturated/α-hetero) is 1. The lowest BCUT2D eigenvalue weighted by Crippen LogP contribution is -2.36. The highest BCUT2D eigenvalue weighted by Crippen LogP contribution is 2.39. The highest BCUT2D eigenvalue weighted by atomic mass is 32.2. The van der Waals surface area contributed by atoms with Gasteiger partial charge in [-0.3, -0.25) is 9.10 Å². The SMILES string of the molecule is COc1cc(/C=C2\C(=O)c3ccccc3S(=O)(=O)N2C)cc(OC)c1OC. The third-order valence-corrected chi connectivity index (χ3v) is 6.16. The maximum atomic E-state index is 12.9. The summed E-state index contributed by atoms with van der Waals surface area (Å²) >= 11 is 0.